The number of amides is 2. The average molecular weight is 313 g/mol. The van der Waals surface area contributed by atoms with Crippen molar-refractivity contribution in [2.75, 3.05) is 6.54 Å². The molecule has 0 aromatic heterocycles. The number of hydrogen-bond acceptors (Lipinski definition) is 2. The predicted molar refractivity (Wildman–Crippen MR) is 78.3 cm³/mol. The fourth-order valence-electron chi connectivity index (χ4n) is 2.39. The minimum absolute atomic E-state index is 0.108. The summed E-state index contributed by atoms with van der Waals surface area (Å²) < 4.78 is 13.1. The highest BCUT2D eigenvalue weighted by Gasteiger charge is 2.29. The summed E-state index contributed by atoms with van der Waals surface area (Å²) >= 11 is 6.00. The summed E-state index contributed by atoms with van der Waals surface area (Å²) in [5.74, 6) is -0.635. The first-order valence-electron chi connectivity index (χ1n) is 7.03. The highest BCUT2D eigenvalue weighted by molar-refractivity contribution is 6.31. The third-order valence-electron chi connectivity index (χ3n) is 3.51. The summed E-state index contributed by atoms with van der Waals surface area (Å²) in [5, 5.41) is 3.04. The lowest BCUT2D eigenvalue weighted by Crippen LogP contribution is -2.44. The molecule has 1 aromatic rings. The van der Waals surface area contributed by atoms with Gasteiger partial charge in [-0.1, -0.05) is 31.0 Å². The second kappa shape index (κ2) is 6.89. The Morgan fingerprint density at radius 3 is 2.86 bits per heavy atom. The lowest BCUT2D eigenvalue weighted by Gasteiger charge is -2.24. The molecule has 2 amide bonds. The lowest BCUT2D eigenvalue weighted by molar-refractivity contribution is -0.134. The third-order valence-corrected chi connectivity index (χ3v) is 3.86. The van der Waals surface area contributed by atoms with Crippen molar-refractivity contribution in [1.29, 1.82) is 0 Å². The summed E-state index contributed by atoms with van der Waals surface area (Å²) in [6, 6.07) is 3.63. The van der Waals surface area contributed by atoms with E-state index in [0.29, 0.717) is 23.6 Å². The summed E-state index contributed by atoms with van der Waals surface area (Å²) in [5.41, 5.74) is 0.677. The van der Waals surface area contributed by atoms with Crippen molar-refractivity contribution in [3.63, 3.8) is 0 Å². The van der Waals surface area contributed by atoms with E-state index in [-0.39, 0.29) is 24.8 Å². The number of rotatable bonds is 4. The van der Waals surface area contributed by atoms with Crippen LogP contribution in [0.25, 0.3) is 0 Å². The molecule has 4 nitrogen and oxygen atoms in total. The van der Waals surface area contributed by atoms with Gasteiger partial charge >= 0.3 is 0 Å². The zero-order valence-electron chi connectivity index (χ0n) is 11.9. The van der Waals surface area contributed by atoms with Crippen LogP contribution in [0.15, 0.2) is 18.2 Å². The molecule has 1 aromatic carbocycles. The van der Waals surface area contributed by atoms with Crippen LogP contribution in [0.3, 0.4) is 0 Å². The van der Waals surface area contributed by atoms with E-state index in [4.69, 9.17) is 11.6 Å². The van der Waals surface area contributed by atoms with Crippen molar-refractivity contribution < 1.29 is 14.0 Å². The van der Waals surface area contributed by atoms with Gasteiger partial charge in [-0.25, -0.2) is 4.39 Å². The van der Waals surface area contributed by atoms with E-state index in [1.807, 2.05) is 6.92 Å². The van der Waals surface area contributed by atoms with E-state index in [1.54, 1.807) is 11.0 Å². The largest absolute Gasteiger partial charge is 0.344 e. The molecule has 6 heteroatoms. The number of benzene rings is 1. The minimum Gasteiger partial charge on any atom is -0.344 e. The molecule has 1 saturated heterocycles. The van der Waals surface area contributed by atoms with Crippen LogP contribution < -0.4 is 5.32 Å². The first-order valence-corrected chi connectivity index (χ1v) is 7.41. The number of carbonyl (C=O) groups excluding carboxylic acids is 2. The molecular formula is C15H18ClFN2O2. The Bertz CT molecular complexity index is 550. The van der Waals surface area contributed by atoms with Gasteiger partial charge in [0.1, 0.15) is 11.9 Å². The number of nitrogens with zero attached hydrogens (tertiary/aromatic N) is 1. The van der Waals surface area contributed by atoms with Gasteiger partial charge < -0.3 is 10.2 Å². The maximum absolute atomic E-state index is 13.1. The fraction of sp³-hybridized carbons (Fsp3) is 0.467. The van der Waals surface area contributed by atoms with E-state index in [0.717, 1.165) is 6.42 Å². The molecule has 21 heavy (non-hydrogen) atoms. The first kappa shape index (κ1) is 15.8. The van der Waals surface area contributed by atoms with Gasteiger partial charge in [-0.05, 0) is 24.1 Å². The van der Waals surface area contributed by atoms with Gasteiger partial charge in [0.2, 0.25) is 11.8 Å². The van der Waals surface area contributed by atoms with Gasteiger partial charge in [0, 0.05) is 24.5 Å². The van der Waals surface area contributed by atoms with Gasteiger partial charge in [-0.3, -0.25) is 9.59 Å². The van der Waals surface area contributed by atoms with E-state index >= 15 is 0 Å². The van der Waals surface area contributed by atoms with Gasteiger partial charge in [0.15, 0.2) is 0 Å². The molecule has 0 spiro atoms. The predicted octanol–water partition coefficient (Wildman–Crippen LogP) is 2.50. The van der Waals surface area contributed by atoms with Crippen LogP contribution in [-0.2, 0) is 16.1 Å². The Kier molecular flexibility index (Phi) is 5.17. The Labute approximate surface area is 128 Å². The van der Waals surface area contributed by atoms with Crippen molar-refractivity contribution in [2.24, 2.45) is 0 Å². The highest BCUT2D eigenvalue weighted by atomic mass is 35.5. The standard InChI is InChI=1S/C15H18ClFN2O2/c1-2-3-13-15(21)19(7-6-14(20)18-13)9-10-4-5-11(17)8-12(10)16/h4-5,8,13H,2-3,6-7,9H2,1H3,(H,18,20). The second-order valence-electron chi connectivity index (χ2n) is 5.15. The topological polar surface area (TPSA) is 49.4 Å². The van der Waals surface area contributed by atoms with E-state index in [9.17, 15) is 14.0 Å². The van der Waals surface area contributed by atoms with E-state index in [1.165, 1.54) is 12.1 Å². The summed E-state index contributed by atoms with van der Waals surface area (Å²) in [4.78, 5) is 25.7. The zero-order chi connectivity index (χ0) is 15.4. The summed E-state index contributed by atoms with van der Waals surface area (Å²) in [6.07, 6.45) is 1.69. The van der Waals surface area contributed by atoms with Crippen LogP contribution >= 0.6 is 11.6 Å². The van der Waals surface area contributed by atoms with Gasteiger partial charge in [0.25, 0.3) is 0 Å². The fourth-order valence-corrected chi connectivity index (χ4v) is 2.62. The third kappa shape index (κ3) is 3.94. The molecule has 0 radical (unpaired) electrons. The van der Waals surface area contributed by atoms with Crippen molar-refractivity contribution >= 4 is 23.4 Å². The number of nitrogens with one attached hydrogen (secondary N) is 1. The lowest BCUT2D eigenvalue weighted by atomic mass is 10.1. The van der Waals surface area contributed by atoms with Gasteiger partial charge in [-0.2, -0.15) is 0 Å². The molecule has 0 saturated carbocycles. The molecule has 2 rings (SSSR count). The van der Waals surface area contributed by atoms with Crippen LogP contribution in [0.2, 0.25) is 5.02 Å². The second-order valence-corrected chi connectivity index (χ2v) is 5.56. The van der Waals surface area contributed by atoms with Gasteiger partial charge in [-0.15, -0.1) is 0 Å². The molecule has 1 fully saturated rings. The highest BCUT2D eigenvalue weighted by Crippen LogP contribution is 2.20. The van der Waals surface area contributed by atoms with Crippen molar-refractivity contribution in [2.45, 2.75) is 38.8 Å². The molecule has 1 aliphatic rings. The monoisotopic (exact) mass is 312 g/mol. The molecule has 1 aliphatic heterocycles. The number of carbonyl (C=O) groups is 2. The van der Waals surface area contributed by atoms with Crippen LogP contribution in [0.4, 0.5) is 4.39 Å². The zero-order valence-corrected chi connectivity index (χ0v) is 12.6. The summed E-state index contributed by atoms with van der Waals surface area (Å²) in [7, 11) is 0. The molecule has 1 atom stereocenters. The SMILES string of the molecule is CCCC1NC(=O)CCN(Cc2ccc(F)cc2Cl)C1=O. The Morgan fingerprint density at radius 2 is 2.19 bits per heavy atom. The number of hydrogen-bond donors (Lipinski definition) is 1. The van der Waals surface area contributed by atoms with E-state index < -0.39 is 11.9 Å². The van der Waals surface area contributed by atoms with Crippen LogP contribution in [-0.4, -0.2) is 29.3 Å². The Hall–Kier alpha value is -1.62. The maximum Gasteiger partial charge on any atom is 0.245 e. The van der Waals surface area contributed by atoms with Crippen molar-refractivity contribution in [1.82, 2.24) is 10.2 Å². The molecule has 1 N–H and O–H groups in total. The van der Waals surface area contributed by atoms with Crippen LogP contribution in [0, 0.1) is 5.82 Å². The Morgan fingerprint density at radius 1 is 1.43 bits per heavy atom. The van der Waals surface area contributed by atoms with Gasteiger partial charge in [0.05, 0.1) is 0 Å². The maximum atomic E-state index is 13.1. The molecule has 0 bridgehead atoms. The van der Waals surface area contributed by atoms with Crippen molar-refractivity contribution in [3.8, 4) is 0 Å². The molecule has 114 valence electrons. The first-order chi connectivity index (χ1) is 10.0. The van der Waals surface area contributed by atoms with E-state index in [2.05, 4.69) is 5.32 Å². The average Bonchev–Trinajstić information content (AvgIpc) is 2.56. The molecule has 0 aliphatic carbocycles. The van der Waals surface area contributed by atoms with Crippen molar-refractivity contribution in [3.05, 3.63) is 34.6 Å². The molecule has 1 heterocycles. The Balaban J connectivity index is 2.16. The molecule has 1 unspecified atom stereocenters. The quantitative estimate of drug-likeness (QED) is 0.928. The summed E-state index contributed by atoms with van der Waals surface area (Å²) in [6.45, 7) is 2.59. The smallest absolute Gasteiger partial charge is 0.245 e. The van der Waals surface area contributed by atoms with Crippen LogP contribution in [0.5, 0.6) is 0 Å². The normalized spacial score (nSPS) is 19.4. The minimum atomic E-state index is -0.482. The number of halogens is 2. The molecular weight excluding hydrogens is 295 g/mol. The van der Waals surface area contributed by atoms with Crippen LogP contribution in [0.1, 0.15) is 31.7 Å².